The number of hydrogen-bond acceptors (Lipinski definition) is 7. The molecule has 1 heterocycles. The molecule has 2 aromatic carbocycles. The van der Waals surface area contributed by atoms with Gasteiger partial charge in [0.15, 0.2) is 5.60 Å². The predicted octanol–water partition coefficient (Wildman–Crippen LogP) is 3.05. The molecule has 2 atom stereocenters. The van der Waals surface area contributed by atoms with E-state index in [2.05, 4.69) is 12.6 Å². The van der Waals surface area contributed by atoms with E-state index in [1.165, 1.54) is 38.9 Å². The number of nitrogens with zero attached hydrogens (tertiary/aromatic N) is 3. The van der Waals surface area contributed by atoms with Gasteiger partial charge in [-0.15, -0.1) is 12.6 Å². The highest BCUT2D eigenvalue weighted by atomic mass is 32.2. The molecule has 1 aliphatic heterocycles. The lowest BCUT2D eigenvalue weighted by Gasteiger charge is -2.44. The molecule has 0 bridgehead atoms. The van der Waals surface area contributed by atoms with E-state index in [0.29, 0.717) is 25.5 Å². The topological polar surface area (TPSA) is 98.2 Å². The fourth-order valence-corrected chi connectivity index (χ4v) is 7.88. The van der Waals surface area contributed by atoms with E-state index in [9.17, 15) is 35.1 Å². The highest BCUT2D eigenvalue weighted by Crippen LogP contribution is 2.39. The fourth-order valence-electron chi connectivity index (χ4n) is 4.62. The minimum Gasteiger partial charge on any atom is -0.376 e. The lowest BCUT2D eigenvalue weighted by Crippen LogP contribution is -2.59. The zero-order chi connectivity index (χ0) is 28.1. The summed E-state index contributed by atoms with van der Waals surface area (Å²) < 4.78 is 94.6. The smallest absolute Gasteiger partial charge is 0.376 e. The van der Waals surface area contributed by atoms with Crippen LogP contribution in [0.3, 0.4) is 0 Å². The van der Waals surface area contributed by atoms with Crippen LogP contribution in [0.15, 0.2) is 58.3 Å². The first kappa shape index (κ1) is 29.2. The van der Waals surface area contributed by atoms with Crippen LogP contribution in [0.25, 0.3) is 0 Å². The Bertz CT molecular complexity index is 1380. The van der Waals surface area contributed by atoms with E-state index >= 15 is 0 Å². The highest BCUT2D eigenvalue weighted by molar-refractivity contribution is 7.90. The number of thiol groups is 1. The molecule has 0 amide bonds. The van der Waals surface area contributed by atoms with Crippen molar-refractivity contribution in [3.8, 4) is 0 Å². The average Bonchev–Trinajstić information content (AvgIpc) is 3.66. The first-order valence-electron chi connectivity index (χ1n) is 11.9. The first-order valence-corrected chi connectivity index (χ1v) is 15.7. The number of anilines is 1. The third kappa shape index (κ3) is 5.85. The van der Waals surface area contributed by atoms with Crippen molar-refractivity contribution < 1.29 is 35.1 Å². The molecular formula is C24H30F3N3O5S3. The molecule has 1 saturated carbocycles. The molecule has 1 saturated heterocycles. The molecule has 0 unspecified atom stereocenters. The summed E-state index contributed by atoms with van der Waals surface area (Å²) in [4.78, 5) is 2.14. The van der Waals surface area contributed by atoms with Gasteiger partial charge in [-0.25, -0.2) is 16.8 Å². The summed E-state index contributed by atoms with van der Waals surface area (Å²) in [5, 5.41) is 10.0. The van der Waals surface area contributed by atoms with Crippen LogP contribution in [0.2, 0.25) is 0 Å². The Hall–Kier alpha value is -1.84. The molecule has 2 aliphatic rings. The average molecular weight is 594 g/mol. The Morgan fingerprint density at radius 1 is 1.03 bits per heavy atom. The van der Waals surface area contributed by atoms with Gasteiger partial charge in [-0.05, 0) is 49.6 Å². The van der Waals surface area contributed by atoms with Gasteiger partial charge >= 0.3 is 6.18 Å². The van der Waals surface area contributed by atoms with Gasteiger partial charge in [0.05, 0.1) is 17.2 Å². The second-order valence-corrected chi connectivity index (χ2v) is 14.2. The Balaban J connectivity index is 1.67. The van der Waals surface area contributed by atoms with Gasteiger partial charge in [-0.2, -0.15) is 21.8 Å². The van der Waals surface area contributed by atoms with Crippen LogP contribution in [-0.4, -0.2) is 81.2 Å². The lowest BCUT2D eigenvalue weighted by molar-refractivity contribution is -0.258. The minimum atomic E-state index is -4.87. The summed E-state index contributed by atoms with van der Waals surface area (Å²) in [5.74, 6) is 0. The second-order valence-electron chi connectivity index (χ2n) is 9.86. The Kier molecular flexibility index (Phi) is 7.89. The largest absolute Gasteiger partial charge is 0.421 e. The zero-order valence-electron chi connectivity index (χ0n) is 20.8. The summed E-state index contributed by atoms with van der Waals surface area (Å²) in [5.41, 5.74) is -2.89. The lowest BCUT2D eigenvalue weighted by atomic mass is 9.95. The molecule has 1 N–H and O–H groups in total. The number of alkyl halides is 3. The van der Waals surface area contributed by atoms with Crippen molar-refractivity contribution in [2.75, 3.05) is 37.3 Å². The maximum absolute atomic E-state index is 13.5. The van der Waals surface area contributed by atoms with Gasteiger partial charge in [-0.3, -0.25) is 0 Å². The third-order valence-electron chi connectivity index (χ3n) is 7.01. The van der Waals surface area contributed by atoms with Crippen LogP contribution in [0.1, 0.15) is 25.3 Å². The van der Waals surface area contributed by atoms with Gasteiger partial charge in [0.2, 0.25) is 20.0 Å². The van der Waals surface area contributed by atoms with Gasteiger partial charge in [-0.1, -0.05) is 24.3 Å². The Labute approximate surface area is 226 Å². The van der Waals surface area contributed by atoms with E-state index in [1.807, 2.05) is 4.90 Å². The molecule has 8 nitrogen and oxygen atoms in total. The summed E-state index contributed by atoms with van der Waals surface area (Å²) in [6.07, 6.45) is -2.36. The molecular weight excluding hydrogens is 563 g/mol. The Morgan fingerprint density at radius 2 is 1.63 bits per heavy atom. The van der Waals surface area contributed by atoms with Crippen molar-refractivity contribution in [2.45, 2.75) is 53.4 Å². The van der Waals surface area contributed by atoms with E-state index in [0.717, 1.165) is 6.26 Å². The van der Waals surface area contributed by atoms with Crippen molar-refractivity contribution in [1.82, 2.24) is 8.61 Å². The van der Waals surface area contributed by atoms with Crippen LogP contribution in [0.4, 0.5) is 18.9 Å². The number of sulfonamides is 2. The first-order chi connectivity index (χ1) is 17.5. The van der Waals surface area contributed by atoms with Crippen LogP contribution in [0, 0.1) is 0 Å². The summed E-state index contributed by atoms with van der Waals surface area (Å²) in [6.45, 7) is 0.903. The number of halogens is 3. The summed E-state index contributed by atoms with van der Waals surface area (Å²) in [7, 11) is -7.54. The van der Waals surface area contributed by atoms with Crippen molar-refractivity contribution in [2.24, 2.45) is 0 Å². The van der Waals surface area contributed by atoms with E-state index in [4.69, 9.17) is 0 Å². The van der Waals surface area contributed by atoms with Crippen molar-refractivity contribution >= 4 is 38.4 Å². The summed E-state index contributed by atoms with van der Waals surface area (Å²) in [6, 6.07) is 10.7. The Morgan fingerprint density at radius 3 is 2.16 bits per heavy atom. The fraction of sp³-hybridized carbons (Fsp3) is 0.500. The molecule has 210 valence electrons. The quantitative estimate of drug-likeness (QED) is 0.457. The van der Waals surface area contributed by atoms with Crippen molar-refractivity contribution in [3.05, 3.63) is 54.1 Å². The number of aliphatic hydroxyl groups is 1. The maximum atomic E-state index is 13.5. The number of piperazine rings is 1. The predicted molar refractivity (Wildman–Crippen MR) is 140 cm³/mol. The maximum Gasteiger partial charge on any atom is 0.421 e. The van der Waals surface area contributed by atoms with Gasteiger partial charge in [0.25, 0.3) is 0 Å². The number of rotatable bonds is 8. The molecule has 1 aliphatic carbocycles. The minimum absolute atomic E-state index is 0.0139. The molecule has 2 fully saturated rings. The van der Waals surface area contributed by atoms with Gasteiger partial charge in [0, 0.05) is 42.8 Å². The third-order valence-corrected chi connectivity index (χ3v) is 10.8. The summed E-state index contributed by atoms with van der Waals surface area (Å²) >= 11 is 4.29. The SMILES string of the molecule is C[C@@](O)(c1ccc(N2CCN(S(=O)(=O)c3ccccc3S)C[C@@H]2CN(C2CC2)S(C)(=O)=O)cc1)C(F)(F)F. The van der Waals surface area contributed by atoms with Gasteiger partial charge in [0.1, 0.15) is 0 Å². The normalized spacial score (nSPS) is 21.5. The molecule has 4 rings (SSSR count). The van der Waals surface area contributed by atoms with E-state index in [1.54, 1.807) is 18.2 Å². The van der Waals surface area contributed by atoms with E-state index < -0.39 is 37.9 Å². The van der Waals surface area contributed by atoms with Crippen molar-refractivity contribution in [3.63, 3.8) is 0 Å². The van der Waals surface area contributed by atoms with Gasteiger partial charge < -0.3 is 10.0 Å². The standard InChI is InChI=1S/C24H30F3N3O5S3/c1-23(31,24(25,26)27)17-7-9-18(10-8-17)29-14-13-28(38(34,35)22-6-4-3-5-21(22)36)15-20(29)16-30(19-11-12-19)37(2,32)33/h3-10,19-20,31,36H,11-16H2,1-2H3/t20-,23-/m1/s1. The highest BCUT2D eigenvalue weighted by Gasteiger charge is 2.51. The molecule has 38 heavy (non-hydrogen) atoms. The number of hydrogen-bond donors (Lipinski definition) is 2. The zero-order valence-corrected chi connectivity index (χ0v) is 23.4. The molecule has 14 heteroatoms. The van der Waals surface area contributed by atoms with Crippen LogP contribution >= 0.6 is 12.6 Å². The molecule has 0 radical (unpaired) electrons. The van der Waals surface area contributed by atoms with Crippen molar-refractivity contribution in [1.29, 1.82) is 0 Å². The van der Waals surface area contributed by atoms with Crippen LogP contribution in [0.5, 0.6) is 0 Å². The second kappa shape index (κ2) is 10.3. The van der Waals surface area contributed by atoms with Crippen LogP contribution < -0.4 is 4.90 Å². The monoisotopic (exact) mass is 593 g/mol. The molecule has 2 aromatic rings. The molecule has 0 spiro atoms. The molecule has 0 aromatic heterocycles. The van der Waals surface area contributed by atoms with E-state index in [-0.39, 0.29) is 47.6 Å². The van der Waals surface area contributed by atoms with Crippen LogP contribution in [-0.2, 0) is 25.6 Å². The number of benzene rings is 2.